The third-order valence-corrected chi connectivity index (χ3v) is 5.79. The number of carbonyl (C=O) groups is 2. The summed E-state index contributed by atoms with van der Waals surface area (Å²) < 4.78 is 5.19. The van der Waals surface area contributed by atoms with Crippen LogP contribution in [0.4, 0.5) is 21.9 Å². The van der Waals surface area contributed by atoms with E-state index in [2.05, 4.69) is 10.4 Å². The van der Waals surface area contributed by atoms with Gasteiger partial charge in [0.25, 0.3) is 17.3 Å². The summed E-state index contributed by atoms with van der Waals surface area (Å²) >= 11 is 0. The number of nitrogens with zero attached hydrogens (tertiary/aromatic N) is 4. The zero-order chi connectivity index (χ0) is 28.3. The number of carbonyl (C=O) groups excluding carboxylic acids is 2. The van der Waals surface area contributed by atoms with E-state index in [9.17, 15) is 29.8 Å². The van der Waals surface area contributed by atoms with Crippen molar-refractivity contribution in [2.75, 3.05) is 5.32 Å². The lowest BCUT2D eigenvalue weighted by molar-refractivity contribution is -0.384. The Balaban J connectivity index is 1.68. The van der Waals surface area contributed by atoms with E-state index in [1.54, 1.807) is 26.8 Å². The topological polar surface area (TPSA) is 157 Å². The Bertz CT molecular complexity index is 1460. The van der Waals surface area contributed by atoms with E-state index in [1.165, 1.54) is 41.4 Å². The molecule has 39 heavy (non-hydrogen) atoms. The van der Waals surface area contributed by atoms with Crippen LogP contribution in [0.3, 0.4) is 0 Å². The van der Waals surface area contributed by atoms with Gasteiger partial charge in [0.1, 0.15) is 11.3 Å². The van der Waals surface area contributed by atoms with Gasteiger partial charge in [-0.15, -0.1) is 0 Å². The number of nitro benzene ring substituents is 2. The van der Waals surface area contributed by atoms with E-state index in [1.807, 2.05) is 30.3 Å². The summed E-state index contributed by atoms with van der Waals surface area (Å²) in [4.78, 5) is 47.3. The molecule has 12 heteroatoms. The number of benzene rings is 3. The van der Waals surface area contributed by atoms with Gasteiger partial charge in [-0.1, -0.05) is 36.4 Å². The third-order valence-electron chi connectivity index (χ3n) is 5.79. The minimum atomic E-state index is -0.833. The molecule has 12 nitrogen and oxygen atoms in total. The maximum absolute atomic E-state index is 13.4. The normalized spacial score (nSPS) is 14.9. The molecule has 1 unspecified atom stereocenters. The average Bonchev–Trinajstić information content (AvgIpc) is 3.33. The van der Waals surface area contributed by atoms with Crippen molar-refractivity contribution in [1.29, 1.82) is 0 Å². The van der Waals surface area contributed by atoms with E-state index >= 15 is 0 Å². The fourth-order valence-electron chi connectivity index (χ4n) is 4.05. The maximum Gasteiger partial charge on any atom is 0.412 e. The summed E-state index contributed by atoms with van der Waals surface area (Å²) in [6, 6.07) is 18.1. The van der Waals surface area contributed by atoms with E-state index in [4.69, 9.17) is 4.74 Å². The quantitative estimate of drug-likeness (QED) is 0.309. The fourth-order valence-corrected chi connectivity index (χ4v) is 4.05. The molecule has 0 aromatic heterocycles. The van der Waals surface area contributed by atoms with E-state index in [-0.39, 0.29) is 29.0 Å². The van der Waals surface area contributed by atoms with E-state index in [0.29, 0.717) is 11.3 Å². The van der Waals surface area contributed by atoms with E-state index < -0.39 is 33.5 Å². The number of hydrazone groups is 1. The van der Waals surface area contributed by atoms with Gasteiger partial charge in [0.05, 0.1) is 21.6 Å². The second-order valence-corrected chi connectivity index (χ2v) is 9.75. The summed E-state index contributed by atoms with van der Waals surface area (Å²) in [5, 5.41) is 31.1. The van der Waals surface area contributed by atoms with Crippen LogP contribution >= 0.6 is 0 Å². The van der Waals surface area contributed by atoms with Crippen LogP contribution < -0.4 is 5.32 Å². The molecule has 2 amide bonds. The second-order valence-electron chi connectivity index (χ2n) is 9.75. The molecule has 0 spiro atoms. The Morgan fingerprint density at radius 2 is 1.64 bits per heavy atom. The zero-order valence-electron chi connectivity index (χ0n) is 21.4. The molecule has 3 aromatic rings. The highest BCUT2D eigenvalue weighted by Crippen LogP contribution is 2.36. The van der Waals surface area contributed by atoms with Gasteiger partial charge in [0, 0.05) is 35.7 Å². The summed E-state index contributed by atoms with van der Waals surface area (Å²) in [7, 11) is 0. The first-order valence-corrected chi connectivity index (χ1v) is 11.9. The molecule has 0 aliphatic carbocycles. The van der Waals surface area contributed by atoms with Gasteiger partial charge in [0.15, 0.2) is 0 Å². The SMILES string of the molecule is CC(C)(C)OC(=O)Nc1ccc(C2=NN(C(=O)c3ccc([N+](=O)[O-])cc3)C(c3ccccc3)C2)cc1[N+](=O)[O-]. The monoisotopic (exact) mass is 531 g/mol. The van der Waals surface area contributed by atoms with Crippen LogP contribution in [0.15, 0.2) is 77.9 Å². The van der Waals surface area contributed by atoms with Crippen molar-refractivity contribution < 1.29 is 24.2 Å². The van der Waals surface area contributed by atoms with Crippen LogP contribution in [0, 0.1) is 20.2 Å². The minimum Gasteiger partial charge on any atom is -0.444 e. The van der Waals surface area contributed by atoms with Crippen LogP contribution in [-0.2, 0) is 4.74 Å². The van der Waals surface area contributed by atoms with Crippen molar-refractivity contribution in [2.24, 2.45) is 5.10 Å². The first-order valence-electron chi connectivity index (χ1n) is 11.9. The van der Waals surface area contributed by atoms with Crippen molar-refractivity contribution in [3.63, 3.8) is 0 Å². The highest BCUT2D eigenvalue weighted by Gasteiger charge is 2.34. The lowest BCUT2D eigenvalue weighted by Gasteiger charge is -2.22. The predicted octanol–water partition coefficient (Wildman–Crippen LogP) is 5.84. The average molecular weight is 532 g/mol. The van der Waals surface area contributed by atoms with Gasteiger partial charge < -0.3 is 4.74 Å². The molecule has 0 fully saturated rings. The summed E-state index contributed by atoms with van der Waals surface area (Å²) in [6.45, 7) is 5.03. The van der Waals surface area contributed by atoms with Gasteiger partial charge in [-0.05, 0) is 44.5 Å². The summed E-state index contributed by atoms with van der Waals surface area (Å²) in [5.41, 5.74) is 0.474. The van der Waals surface area contributed by atoms with Crippen molar-refractivity contribution in [3.8, 4) is 0 Å². The molecule has 4 rings (SSSR count). The fraction of sp³-hybridized carbons (Fsp3) is 0.222. The Kier molecular flexibility index (Phi) is 7.38. The lowest BCUT2D eigenvalue weighted by atomic mass is 9.97. The molecule has 3 aromatic carbocycles. The number of ether oxygens (including phenoxy) is 1. The molecule has 0 saturated carbocycles. The Morgan fingerprint density at radius 3 is 2.23 bits per heavy atom. The molecule has 0 radical (unpaired) electrons. The van der Waals surface area contributed by atoms with Crippen molar-refractivity contribution in [2.45, 2.75) is 38.8 Å². The molecule has 1 aliphatic rings. The molecule has 0 saturated heterocycles. The number of hydrogen-bond donors (Lipinski definition) is 1. The number of amides is 2. The van der Waals surface area contributed by atoms with Gasteiger partial charge in [-0.3, -0.25) is 30.3 Å². The molecular formula is C27H25N5O7. The summed E-state index contributed by atoms with van der Waals surface area (Å²) in [6.07, 6.45) is -0.570. The first-order chi connectivity index (χ1) is 18.4. The molecule has 1 N–H and O–H groups in total. The molecule has 1 atom stereocenters. The second kappa shape index (κ2) is 10.7. The Hall–Kier alpha value is -5.13. The highest BCUT2D eigenvalue weighted by molar-refractivity contribution is 6.06. The van der Waals surface area contributed by atoms with Crippen LogP contribution in [-0.4, -0.2) is 38.2 Å². The standard InChI is InChI=1S/C27H25N5O7/c1-27(2,3)39-26(34)28-21-14-11-19(15-24(21)32(37)38)22-16-23(17-7-5-4-6-8-17)30(29-22)25(33)18-9-12-20(13-10-18)31(35)36/h4-15,23H,16H2,1-3H3,(H,28,34). The van der Waals surface area contributed by atoms with Crippen LogP contribution in [0.1, 0.15) is 54.7 Å². The number of rotatable bonds is 6. The van der Waals surface area contributed by atoms with Gasteiger partial charge in [-0.2, -0.15) is 5.10 Å². The minimum absolute atomic E-state index is 0.0463. The van der Waals surface area contributed by atoms with Crippen LogP contribution in [0.2, 0.25) is 0 Å². The number of nitro groups is 2. The lowest BCUT2D eigenvalue weighted by Crippen LogP contribution is -2.27. The van der Waals surface area contributed by atoms with Gasteiger partial charge in [-0.25, -0.2) is 9.80 Å². The number of non-ortho nitro benzene ring substituents is 1. The summed E-state index contributed by atoms with van der Waals surface area (Å²) in [5.74, 6) is -0.480. The van der Waals surface area contributed by atoms with Gasteiger partial charge in [0.2, 0.25) is 0 Å². The molecular weight excluding hydrogens is 506 g/mol. The number of nitrogens with one attached hydrogen (secondary N) is 1. The third kappa shape index (κ3) is 6.24. The van der Waals surface area contributed by atoms with Gasteiger partial charge >= 0.3 is 6.09 Å². The highest BCUT2D eigenvalue weighted by atomic mass is 16.6. The molecule has 1 aliphatic heterocycles. The van der Waals surface area contributed by atoms with Crippen LogP contribution in [0.25, 0.3) is 0 Å². The van der Waals surface area contributed by atoms with Crippen molar-refractivity contribution in [3.05, 3.63) is 110 Å². The molecule has 1 heterocycles. The first kappa shape index (κ1) is 26.9. The number of anilines is 1. The zero-order valence-corrected chi connectivity index (χ0v) is 21.4. The van der Waals surface area contributed by atoms with Crippen LogP contribution in [0.5, 0.6) is 0 Å². The van der Waals surface area contributed by atoms with E-state index in [0.717, 1.165) is 5.56 Å². The smallest absolute Gasteiger partial charge is 0.412 e. The molecule has 0 bridgehead atoms. The molecule has 200 valence electrons. The van der Waals surface area contributed by atoms with Crippen molar-refractivity contribution in [1.82, 2.24) is 5.01 Å². The van der Waals surface area contributed by atoms with Crippen molar-refractivity contribution >= 4 is 34.8 Å². The Labute approximate surface area is 223 Å². The number of hydrogen-bond acceptors (Lipinski definition) is 8. The predicted molar refractivity (Wildman–Crippen MR) is 143 cm³/mol. The largest absolute Gasteiger partial charge is 0.444 e. The Morgan fingerprint density at radius 1 is 0.974 bits per heavy atom. The maximum atomic E-state index is 13.4.